The quantitative estimate of drug-likeness (QED) is 0.568. The van der Waals surface area contributed by atoms with Gasteiger partial charge in [-0.05, 0) is 39.2 Å². The molecule has 2 fully saturated rings. The van der Waals surface area contributed by atoms with Gasteiger partial charge in [0.05, 0.1) is 12.1 Å². The fourth-order valence-corrected chi connectivity index (χ4v) is 3.38. The monoisotopic (exact) mass is 267 g/mol. The van der Waals surface area contributed by atoms with Gasteiger partial charge in [0.1, 0.15) is 0 Å². The van der Waals surface area contributed by atoms with Crippen molar-refractivity contribution in [2.45, 2.75) is 57.5 Å². The summed E-state index contributed by atoms with van der Waals surface area (Å²) in [5.74, 6) is 0.00795. The molecule has 5 nitrogen and oxygen atoms in total. The minimum absolute atomic E-state index is 0.190. The normalized spacial score (nSPS) is 32.8. The highest BCUT2D eigenvalue weighted by molar-refractivity contribution is 6.03. The maximum absolute atomic E-state index is 12.1. The summed E-state index contributed by atoms with van der Waals surface area (Å²) in [4.78, 5) is 25.8. The lowest BCUT2D eigenvalue weighted by Crippen LogP contribution is -2.67. The zero-order valence-electron chi connectivity index (χ0n) is 11.9. The highest BCUT2D eigenvalue weighted by atomic mass is 16.2. The topological polar surface area (TPSA) is 75.4 Å². The molecule has 1 saturated carbocycles. The number of rotatable bonds is 2. The Morgan fingerprint density at radius 3 is 2.63 bits per heavy atom. The second-order valence-corrected chi connectivity index (χ2v) is 6.27. The van der Waals surface area contributed by atoms with Crippen molar-refractivity contribution in [3.8, 4) is 0 Å². The van der Waals surface area contributed by atoms with Crippen LogP contribution in [0.2, 0.25) is 0 Å². The first kappa shape index (κ1) is 14.5. The molecule has 1 aliphatic carbocycles. The van der Waals surface area contributed by atoms with Gasteiger partial charge in [-0.25, -0.2) is 0 Å². The standard InChI is InChI=1S/C14H25N3O2/c1-14(2)13(19)16-12(18)9-17(14)11-7-5-3-4-6-10(11)8-15/h10-11H,3-9,15H2,1-2H3,(H,16,18,19). The second-order valence-electron chi connectivity index (χ2n) is 6.27. The Morgan fingerprint density at radius 1 is 1.26 bits per heavy atom. The lowest BCUT2D eigenvalue weighted by atomic mass is 9.87. The number of nitrogens with two attached hydrogens (primary N) is 1. The summed E-state index contributed by atoms with van der Waals surface area (Å²) in [5, 5.41) is 2.44. The van der Waals surface area contributed by atoms with Crippen molar-refractivity contribution in [2.75, 3.05) is 13.1 Å². The summed E-state index contributed by atoms with van der Waals surface area (Å²) in [5.41, 5.74) is 5.29. The van der Waals surface area contributed by atoms with E-state index in [2.05, 4.69) is 10.2 Å². The van der Waals surface area contributed by atoms with Crippen molar-refractivity contribution in [3.63, 3.8) is 0 Å². The minimum Gasteiger partial charge on any atom is -0.330 e. The highest BCUT2D eigenvalue weighted by Crippen LogP contribution is 2.32. The zero-order chi connectivity index (χ0) is 14.0. The number of carbonyl (C=O) groups is 2. The molecular formula is C14H25N3O2. The Morgan fingerprint density at radius 2 is 1.95 bits per heavy atom. The molecule has 1 heterocycles. The molecule has 0 aromatic rings. The number of hydrogen-bond acceptors (Lipinski definition) is 4. The Hall–Kier alpha value is -0.940. The molecule has 5 heteroatoms. The van der Waals surface area contributed by atoms with Crippen LogP contribution in [0.5, 0.6) is 0 Å². The van der Waals surface area contributed by atoms with Crippen LogP contribution in [0.4, 0.5) is 0 Å². The third-order valence-electron chi connectivity index (χ3n) is 4.66. The van der Waals surface area contributed by atoms with Crippen LogP contribution in [-0.4, -0.2) is 41.4 Å². The summed E-state index contributed by atoms with van der Waals surface area (Å²) in [6.07, 6.45) is 5.72. The van der Waals surface area contributed by atoms with Gasteiger partial charge >= 0.3 is 0 Å². The smallest absolute Gasteiger partial charge is 0.246 e. The third kappa shape index (κ3) is 2.82. The predicted octanol–water partition coefficient (Wildman–Crippen LogP) is 0.631. The van der Waals surface area contributed by atoms with Gasteiger partial charge in [0.2, 0.25) is 11.8 Å². The van der Waals surface area contributed by atoms with Crippen LogP contribution in [0.15, 0.2) is 0 Å². The van der Waals surface area contributed by atoms with Gasteiger partial charge in [-0.3, -0.25) is 19.8 Å². The molecule has 2 unspecified atom stereocenters. The van der Waals surface area contributed by atoms with Crippen molar-refractivity contribution in [2.24, 2.45) is 11.7 Å². The molecule has 0 aromatic carbocycles. The fourth-order valence-electron chi connectivity index (χ4n) is 3.38. The van der Waals surface area contributed by atoms with E-state index < -0.39 is 5.54 Å². The van der Waals surface area contributed by atoms with Crippen molar-refractivity contribution in [3.05, 3.63) is 0 Å². The fraction of sp³-hybridized carbons (Fsp3) is 0.857. The molecule has 19 heavy (non-hydrogen) atoms. The lowest BCUT2D eigenvalue weighted by molar-refractivity contribution is -0.148. The molecule has 108 valence electrons. The van der Waals surface area contributed by atoms with Crippen LogP contribution < -0.4 is 11.1 Å². The lowest BCUT2D eigenvalue weighted by Gasteiger charge is -2.47. The van der Waals surface area contributed by atoms with E-state index in [1.54, 1.807) is 0 Å². The van der Waals surface area contributed by atoms with E-state index in [-0.39, 0.29) is 17.9 Å². The molecule has 1 saturated heterocycles. The maximum atomic E-state index is 12.1. The van der Waals surface area contributed by atoms with Crippen LogP contribution in [0.1, 0.15) is 46.0 Å². The van der Waals surface area contributed by atoms with Gasteiger partial charge < -0.3 is 5.73 Å². The number of hydrogen-bond donors (Lipinski definition) is 2. The van der Waals surface area contributed by atoms with Crippen molar-refractivity contribution in [1.29, 1.82) is 0 Å². The summed E-state index contributed by atoms with van der Waals surface area (Å²) in [6, 6.07) is 0.248. The SMILES string of the molecule is CC1(C)C(=O)NC(=O)CN1C1CCCCCC1CN. The molecular weight excluding hydrogens is 242 g/mol. The van der Waals surface area contributed by atoms with Crippen molar-refractivity contribution in [1.82, 2.24) is 10.2 Å². The Labute approximate surface area is 114 Å². The van der Waals surface area contributed by atoms with E-state index >= 15 is 0 Å². The molecule has 2 rings (SSSR count). The van der Waals surface area contributed by atoms with Gasteiger partial charge in [0.25, 0.3) is 0 Å². The molecule has 2 atom stereocenters. The van der Waals surface area contributed by atoms with E-state index in [1.165, 1.54) is 12.8 Å². The van der Waals surface area contributed by atoms with Crippen LogP contribution in [-0.2, 0) is 9.59 Å². The Balaban J connectivity index is 2.25. The molecule has 0 radical (unpaired) electrons. The number of amides is 2. The van der Waals surface area contributed by atoms with Gasteiger partial charge in [0, 0.05) is 6.04 Å². The van der Waals surface area contributed by atoms with Gasteiger partial charge in [-0.15, -0.1) is 0 Å². The summed E-state index contributed by atoms with van der Waals surface area (Å²) in [6.45, 7) is 4.73. The maximum Gasteiger partial charge on any atom is 0.246 e. The first-order chi connectivity index (χ1) is 8.96. The number of nitrogens with one attached hydrogen (secondary N) is 1. The molecule has 0 spiro atoms. The van der Waals surface area contributed by atoms with Gasteiger partial charge in [-0.2, -0.15) is 0 Å². The molecule has 0 aromatic heterocycles. The zero-order valence-corrected chi connectivity index (χ0v) is 11.9. The molecule has 3 N–H and O–H groups in total. The minimum atomic E-state index is -0.629. The molecule has 1 aliphatic heterocycles. The number of nitrogens with zero attached hydrogens (tertiary/aromatic N) is 1. The largest absolute Gasteiger partial charge is 0.330 e. The number of imide groups is 1. The van der Waals surface area contributed by atoms with E-state index in [9.17, 15) is 9.59 Å². The summed E-state index contributed by atoms with van der Waals surface area (Å²) < 4.78 is 0. The molecule has 0 bridgehead atoms. The average molecular weight is 267 g/mol. The van der Waals surface area contributed by atoms with Crippen molar-refractivity contribution >= 4 is 11.8 Å². The second kappa shape index (κ2) is 5.59. The number of piperazine rings is 1. The van der Waals surface area contributed by atoms with E-state index in [1.807, 2.05) is 13.8 Å². The first-order valence-electron chi connectivity index (χ1n) is 7.28. The van der Waals surface area contributed by atoms with Crippen LogP contribution in [0, 0.1) is 5.92 Å². The Kier molecular flexibility index (Phi) is 4.26. The Bertz CT molecular complexity index is 368. The third-order valence-corrected chi connectivity index (χ3v) is 4.66. The van der Waals surface area contributed by atoms with Gasteiger partial charge in [-0.1, -0.05) is 19.3 Å². The van der Waals surface area contributed by atoms with Crippen molar-refractivity contribution < 1.29 is 9.59 Å². The molecule has 2 aliphatic rings. The summed E-state index contributed by atoms with van der Waals surface area (Å²) in [7, 11) is 0. The van der Waals surface area contributed by atoms with E-state index in [0.29, 0.717) is 19.0 Å². The van der Waals surface area contributed by atoms with E-state index in [4.69, 9.17) is 5.73 Å². The van der Waals surface area contributed by atoms with Crippen LogP contribution in [0.3, 0.4) is 0 Å². The molecule has 2 amide bonds. The van der Waals surface area contributed by atoms with Gasteiger partial charge in [0.15, 0.2) is 0 Å². The van der Waals surface area contributed by atoms with E-state index in [0.717, 1.165) is 19.3 Å². The first-order valence-corrected chi connectivity index (χ1v) is 7.28. The highest BCUT2D eigenvalue weighted by Gasteiger charge is 2.45. The number of carbonyl (C=O) groups excluding carboxylic acids is 2. The predicted molar refractivity (Wildman–Crippen MR) is 73.4 cm³/mol. The summed E-state index contributed by atoms with van der Waals surface area (Å²) >= 11 is 0. The average Bonchev–Trinajstić information content (AvgIpc) is 2.59. The van der Waals surface area contributed by atoms with Crippen LogP contribution >= 0.6 is 0 Å². The van der Waals surface area contributed by atoms with Crippen LogP contribution in [0.25, 0.3) is 0 Å².